The van der Waals surface area contributed by atoms with Crippen LogP contribution in [0.3, 0.4) is 0 Å². The smallest absolute Gasteiger partial charge is 0.335 e. The minimum atomic E-state index is -0.950. The van der Waals surface area contributed by atoms with E-state index in [0.29, 0.717) is 29.6 Å². The maximum atomic E-state index is 13.9. The summed E-state index contributed by atoms with van der Waals surface area (Å²) in [5.74, 6) is 0. The first kappa shape index (κ1) is 32.7. The lowest BCUT2D eigenvalue weighted by molar-refractivity contribution is -0.107. The van der Waals surface area contributed by atoms with E-state index < -0.39 is 36.0 Å². The molecular formula is C39H37IN2O6. The van der Waals surface area contributed by atoms with Crippen molar-refractivity contribution in [3.63, 3.8) is 0 Å². The van der Waals surface area contributed by atoms with Crippen LogP contribution in [0.15, 0.2) is 137 Å². The lowest BCUT2D eigenvalue weighted by Crippen LogP contribution is -2.44. The molecule has 0 saturated carbocycles. The van der Waals surface area contributed by atoms with Crippen LogP contribution in [-0.2, 0) is 31.2 Å². The Kier molecular flexibility index (Phi) is 10.0. The van der Waals surface area contributed by atoms with Crippen molar-refractivity contribution in [2.75, 3.05) is 13.2 Å². The third-order valence-electron chi connectivity index (χ3n) is 9.10. The van der Waals surface area contributed by atoms with Gasteiger partial charge in [0.25, 0.3) is 5.56 Å². The summed E-state index contributed by atoms with van der Waals surface area (Å²) in [6.07, 6.45) is 1.21. The molecule has 4 aromatic carbocycles. The molecule has 0 spiro atoms. The number of ether oxygens (including phenoxy) is 4. The summed E-state index contributed by atoms with van der Waals surface area (Å²) in [4.78, 5) is 27.0. The van der Waals surface area contributed by atoms with E-state index in [9.17, 15) is 9.59 Å². The number of hydrogen-bond acceptors (Lipinski definition) is 6. The van der Waals surface area contributed by atoms with Gasteiger partial charge in [-0.3, -0.25) is 9.36 Å². The van der Waals surface area contributed by atoms with Gasteiger partial charge in [-0.05, 0) is 57.7 Å². The Balaban J connectivity index is 1.26. The summed E-state index contributed by atoms with van der Waals surface area (Å²) < 4.78 is 29.3. The van der Waals surface area contributed by atoms with Gasteiger partial charge in [0, 0.05) is 19.2 Å². The molecule has 8 nitrogen and oxygen atoms in total. The van der Waals surface area contributed by atoms with Gasteiger partial charge in [0.15, 0.2) is 0 Å². The van der Waals surface area contributed by atoms with Crippen molar-refractivity contribution in [1.29, 1.82) is 0 Å². The number of aromatic nitrogens is 2. The molecule has 0 aliphatic carbocycles. The van der Waals surface area contributed by atoms with Crippen LogP contribution < -0.4 is 11.2 Å². The monoisotopic (exact) mass is 756 g/mol. The molecule has 0 N–H and O–H groups in total. The topological polar surface area (TPSA) is 80.9 Å². The average Bonchev–Trinajstić information content (AvgIpc) is 3.82. The van der Waals surface area contributed by atoms with E-state index in [0.717, 1.165) is 28.7 Å². The summed E-state index contributed by atoms with van der Waals surface area (Å²) >= 11 is 1.99. The van der Waals surface area contributed by atoms with Crippen LogP contribution in [0.5, 0.6) is 0 Å². The minimum absolute atomic E-state index is 0.172. The Hall–Kier alpha value is -3.87. The minimum Gasteiger partial charge on any atom is -0.371 e. The largest absolute Gasteiger partial charge is 0.371 e. The van der Waals surface area contributed by atoms with Crippen LogP contribution in [0.4, 0.5) is 0 Å². The highest BCUT2D eigenvalue weighted by atomic mass is 127. The van der Waals surface area contributed by atoms with Crippen LogP contribution in [0.1, 0.15) is 54.0 Å². The molecule has 2 aliphatic rings. The van der Waals surface area contributed by atoms with Crippen LogP contribution in [-0.4, -0.2) is 34.6 Å². The van der Waals surface area contributed by atoms with E-state index in [1.807, 2.05) is 108 Å². The maximum Gasteiger partial charge on any atom is 0.335 e. The fourth-order valence-corrected chi connectivity index (χ4v) is 7.29. The average molecular weight is 757 g/mol. The van der Waals surface area contributed by atoms with Gasteiger partial charge in [0.05, 0.1) is 22.9 Å². The number of halogens is 1. The summed E-state index contributed by atoms with van der Waals surface area (Å²) in [5.41, 5.74) is 2.22. The SMILES string of the molecule is O=c1c(I)cn([C@H]2C[C@H](OCc3ccccc3)[C@@H](COC(c3ccccc3)(c3ccccc3)c3ccccc3)O2)c(=O)n1C1CCCO1. The van der Waals surface area contributed by atoms with Crippen molar-refractivity contribution in [2.45, 2.75) is 56.1 Å². The molecular weight excluding hydrogens is 719 g/mol. The Bertz CT molecular complexity index is 1810. The molecule has 9 heteroatoms. The second-order valence-electron chi connectivity index (χ2n) is 12.1. The molecule has 48 heavy (non-hydrogen) atoms. The van der Waals surface area contributed by atoms with E-state index in [2.05, 4.69) is 36.4 Å². The normalized spacial score (nSPS) is 21.0. The lowest BCUT2D eigenvalue weighted by atomic mass is 9.80. The first-order chi connectivity index (χ1) is 23.5. The zero-order valence-corrected chi connectivity index (χ0v) is 28.6. The third-order valence-corrected chi connectivity index (χ3v) is 9.84. The number of nitrogens with zero attached hydrogens (tertiary/aromatic N) is 2. The molecule has 5 aromatic rings. The molecule has 2 saturated heterocycles. The highest BCUT2D eigenvalue weighted by molar-refractivity contribution is 14.1. The van der Waals surface area contributed by atoms with Crippen molar-refractivity contribution in [3.8, 4) is 0 Å². The van der Waals surface area contributed by atoms with Crippen LogP contribution in [0.2, 0.25) is 0 Å². The van der Waals surface area contributed by atoms with Crippen molar-refractivity contribution in [3.05, 3.63) is 174 Å². The van der Waals surface area contributed by atoms with Crippen molar-refractivity contribution in [2.24, 2.45) is 0 Å². The molecule has 0 bridgehead atoms. The van der Waals surface area contributed by atoms with Gasteiger partial charge in [0.2, 0.25) is 0 Å². The summed E-state index contributed by atoms with van der Waals surface area (Å²) in [7, 11) is 0. The van der Waals surface area contributed by atoms with E-state index in [1.54, 1.807) is 6.20 Å². The molecule has 0 radical (unpaired) electrons. The van der Waals surface area contributed by atoms with Gasteiger partial charge in [-0.25, -0.2) is 9.36 Å². The van der Waals surface area contributed by atoms with E-state index >= 15 is 0 Å². The Morgan fingerprint density at radius 1 is 0.771 bits per heavy atom. The fourth-order valence-electron chi connectivity index (χ4n) is 6.73. The van der Waals surface area contributed by atoms with Crippen LogP contribution in [0, 0.1) is 3.57 Å². The molecule has 3 heterocycles. The third kappa shape index (κ3) is 6.57. The standard InChI is InChI=1S/C39H37IN2O6/c40-32-25-41(38(44)42(37(32)43)35-22-13-23-45-35)36-24-33(46-26-28-14-5-1-6-15-28)34(48-36)27-47-39(29-16-7-2-8-17-29,30-18-9-3-10-19-30)31-20-11-4-12-21-31/h1-12,14-21,25,33-36H,13,22-24,26-27H2/t33-,34+,35?,36+/m0/s1. The molecule has 4 atom stereocenters. The van der Waals surface area contributed by atoms with Gasteiger partial charge in [0.1, 0.15) is 24.2 Å². The van der Waals surface area contributed by atoms with Crippen molar-refractivity contribution < 1.29 is 18.9 Å². The van der Waals surface area contributed by atoms with Gasteiger partial charge < -0.3 is 18.9 Å². The highest BCUT2D eigenvalue weighted by Crippen LogP contribution is 2.42. The van der Waals surface area contributed by atoms with E-state index in [1.165, 1.54) is 9.13 Å². The molecule has 0 amide bonds. The first-order valence-electron chi connectivity index (χ1n) is 16.3. The molecule has 246 valence electrons. The molecule has 2 aliphatic heterocycles. The number of hydrogen-bond donors (Lipinski definition) is 0. The molecule has 1 unspecified atom stereocenters. The summed E-state index contributed by atoms with van der Waals surface area (Å²) in [6.45, 7) is 1.07. The van der Waals surface area contributed by atoms with E-state index in [-0.39, 0.29) is 12.2 Å². The van der Waals surface area contributed by atoms with Crippen LogP contribution in [0.25, 0.3) is 0 Å². The Morgan fingerprint density at radius 3 is 1.88 bits per heavy atom. The molecule has 2 fully saturated rings. The fraction of sp³-hybridized carbons (Fsp3) is 0.282. The number of rotatable bonds is 11. The summed E-state index contributed by atoms with van der Waals surface area (Å²) in [6, 6.07) is 40.6. The van der Waals surface area contributed by atoms with Crippen molar-refractivity contribution >= 4 is 22.6 Å². The van der Waals surface area contributed by atoms with Gasteiger partial charge in [-0.2, -0.15) is 0 Å². The van der Waals surface area contributed by atoms with Gasteiger partial charge >= 0.3 is 5.69 Å². The quantitative estimate of drug-likeness (QED) is 0.109. The predicted octanol–water partition coefficient (Wildman–Crippen LogP) is 6.81. The predicted molar refractivity (Wildman–Crippen MR) is 191 cm³/mol. The Labute approximate surface area is 293 Å². The van der Waals surface area contributed by atoms with Crippen LogP contribution >= 0.6 is 22.6 Å². The second kappa shape index (κ2) is 14.7. The Morgan fingerprint density at radius 2 is 1.33 bits per heavy atom. The number of benzene rings is 4. The van der Waals surface area contributed by atoms with E-state index in [4.69, 9.17) is 18.9 Å². The second-order valence-corrected chi connectivity index (χ2v) is 13.3. The highest BCUT2D eigenvalue weighted by Gasteiger charge is 2.43. The zero-order valence-electron chi connectivity index (χ0n) is 26.4. The van der Waals surface area contributed by atoms with Gasteiger partial charge in [-0.1, -0.05) is 121 Å². The lowest BCUT2D eigenvalue weighted by Gasteiger charge is -2.37. The maximum absolute atomic E-state index is 13.9. The molecule has 7 rings (SSSR count). The van der Waals surface area contributed by atoms with Gasteiger partial charge in [-0.15, -0.1) is 0 Å². The first-order valence-corrected chi connectivity index (χ1v) is 17.4. The zero-order chi connectivity index (χ0) is 32.9. The summed E-state index contributed by atoms with van der Waals surface area (Å²) in [5, 5.41) is 0. The molecule has 1 aromatic heterocycles. The van der Waals surface area contributed by atoms with Crippen molar-refractivity contribution in [1.82, 2.24) is 9.13 Å².